The third-order valence-corrected chi connectivity index (χ3v) is 2.06. The van der Waals surface area contributed by atoms with Crippen LogP contribution >= 0.6 is 0 Å². The van der Waals surface area contributed by atoms with Crippen LogP contribution in [0.4, 0.5) is 0 Å². The van der Waals surface area contributed by atoms with E-state index in [1.54, 1.807) is 0 Å². The summed E-state index contributed by atoms with van der Waals surface area (Å²) in [6.45, 7) is 5.31. The van der Waals surface area contributed by atoms with E-state index in [0.717, 1.165) is 6.54 Å². The fourth-order valence-corrected chi connectivity index (χ4v) is 1.04. The number of rotatable bonds is 0. The molecule has 0 fully saturated rings. The van der Waals surface area contributed by atoms with E-state index in [1.807, 2.05) is 0 Å². The number of amidine groups is 1. The summed E-state index contributed by atoms with van der Waals surface area (Å²) in [5, 5.41) is 0. The van der Waals surface area contributed by atoms with Crippen molar-refractivity contribution in [3.8, 4) is 0 Å². The molecule has 52 valence electrons. The first-order valence-electron chi connectivity index (χ1n) is 3.45. The second-order valence-corrected chi connectivity index (χ2v) is 2.68. The molecule has 1 atom stereocenters. The minimum Gasteiger partial charge on any atom is -0.361 e. The van der Waals surface area contributed by atoms with Gasteiger partial charge in [-0.25, -0.2) is 0 Å². The van der Waals surface area contributed by atoms with Gasteiger partial charge in [-0.2, -0.15) is 0 Å². The molecule has 0 radical (unpaired) electrons. The average Bonchev–Trinajstić information content (AvgIpc) is 1.83. The number of hydrogen-bond acceptors (Lipinski definition) is 2. The highest BCUT2D eigenvalue weighted by Crippen LogP contribution is 2.07. The van der Waals surface area contributed by atoms with Gasteiger partial charge in [-0.05, 0) is 20.3 Å². The van der Waals surface area contributed by atoms with Gasteiger partial charge in [0.1, 0.15) is 0 Å². The van der Waals surface area contributed by atoms with Gasteiger partial charge >= 0.3 is 0 Å². The van der Waals surface area contributed by atoms with Crippen LogP contribution < -0.4 is 0 Å². The number of nitrogens with zero attached hydrogens (tertiary/aromatic N) is 2. The van der Waals surface area contributed by atoms with Gasteiger partial charge in [0.05, 0.1) is 5.84 Å². The Kier molecular flexibility index (Phi) is 1.74. The van der Waals surface area contributed by atoms with E-state index in [1.165, 1.54) is 12.3 Å². The fourth-order valence-electron chi connectivity index (χ4n) is 1.04. The molecule has 1 aliphatic rings. The van der Waals surface area contributed by atoms with Crippen molar-refractivity contribution in [3.05, 3.63) is 0 Å². The Morgan fingerprint density at radius 3 is 2.78 bits per heavy atom. The molecule has 0 bridgehead atoms. The van der Waals surface area contributed by atoms with E-state index in [0.29, 0.717) is 6.04 Å². The first-order valence-corrected chi connectivity index (χ1v) is 3.45. The second-order valence-electron chi connectivity index (χ2n) is 2.68. The van der Waals surface area contributed by atoms with E-state index < -0.39 is 0 Å². The highest BCUT2D eigenvalue weighted by molar-refractivity contribution is 5.80. The summed E-state index contributed by atoms with van der Waals surface area (Å²) in [6, 6.07) is 0.683. The molecule has 0 aliphatic carbocycles. The van der Waals surface area contributed by atoms with Crippen molar-refractivity contribution in [2.75, 3.05) is 13.6 Å². The van der Waals surface area contributed by atoms with E-state index in [9.17, 15) is 0 Å². The summed E-state index contributed by atoms with van der Waals surface area (Å²) < 4.78 is 0. The monoisotopic (exact) mass is 126 g/mol. The molecule has 1 unspecified atom stereocenters. The Morgan fingerprint density at radius 1 is 1.67 bits per heavy atom. The van der Waals surface area contributed by atoms with Crippen LogP contribution in [0.1, 0.15) is 20.3 Å². The smallest absolute Gasteiger partial charge is 0.0957 e. The summed E-state index contributed by atoms with van der Waals surface area (Å²) in [5.41, 5.74) is 0. The predicted molar refractivity (Wildman–Crippen MR) is 39.8 cm³/mol. The molecule has 2 nitrogen and oxygen atoms in total. The molecule has 0 amide bonds. The molecule has 9 heavy (non-hydrogen) atoms. The summed E-state index contributed by atoms with van der Waals surface area (Å²) in [7, 11) is 2.10. The molecule has 0 spiro atoms. The van der Waals surface area contributed by atoms with Gasteiger partial charge in [0.25, 0.3) is 0 Å². The van der Waals surface area contributed by atoms with E-state index in [2.05, 4.69) is 30.8 Å². The lowest BCUT2D eigenvalue weighted by atomic mass is 10.2. The third-order valence-electron chi connectivity index (χ3n) is 2.06. The molecule has 0 aromatic carbocycles. The Hall–Kier alpha value is -0.530. The Morgan fingerprint density at radius 2 is 2.33 bits per heavy atom. The molecule has 0 aromatic heterocycles. The standard InChI is InChI=1S/C7H14N2/c1-6-4-5-8-7(2)9(6)3/h6H,4-5H2,1-3H3. The zero-order chi connectivity index (χ0) is 6.85. The molecular weight excluding hydrogens is 112 g/mol. The minimum atomic E-state index is 0.683. The fraction of sp³-hybridized carbons (Fsp3) is 0.857. The van der Waals surface area contributed by atoms with Gasteiger partial charge in [0.15, 0.2) is 0 Å². The molecule has 1 aliphatic heterocycles. The van der Waals surface area contributed by atoms with Crippen molar-refractivity contribution >= 4 is 5.84 Å². The van der Waals surface area contributed by atoms with Gasteiger partial charge in [0, 0.05) is 19.6 Å². The minimum absolute atomic E-state index is 0.683. The molecular formula is C7H14N2. The normalized spacial score (nSPS) is 28.1. The van der Waals surface area contributed by atoms with Crippen LogP contribution in [0.5, 0.6) is 0 Å². The van der Waals surface area contributed by atoms with Gasteiger partial charge in [-0.15, -0.1) is 0 Å². The largest absolute Gasteiger partial charge is 0.361 e. The molecule has 0 N–H and O–H groups in total. The maximum atomic E-state index is 4.30. The SMILES string of the molecule is CC1=NCCC(C)N1C. The second kappa shape index (κ2) is 2.38. The van der Waals surface area contributed by atoms with Crippen molar-refractivity contribution in [1.29, 1.82) is 0 Å². The summed E-state index contributed by atoms with van der Waals surface area (Å²) in [4.78, 5) is 6.53. The van der Waals surface area contributed by atoms with Crippen LogP contribution in [-0.4, -0.2) is 30.4 Å². The zero-order valence-corrected chi connectivity index (χ0v) is 6.39. The summed E-state index contributed by atoms with van der Waals surface area (Å²) >= 11 is 0. The van der Waals surface area contributed by atoms with Gasteiger partial charge in [-0.1, -0.05) is 0 Å². The van der Waals surface area contributed by atoms with Crippen LogP contribution in [0.15, 0.2) is 4.99 Å². The maximum Gasteiger partial charge on any atom is 0.0957 e. The lowest BCUT2D eigenvalue weighted by Gasteiger charge is -2.29. The highest BCUT2D eigenvalue weighted by Gasteiger charge is 2.13. The van der Waals surface area contributed by atoms with Crippen LogP contribution in [-0.2, 0) is 0 Å². The van der Waals surface area contributed by atoms with Crippen LogP contribution in [0, 0.1) is 0 Å². The van der Waals surface area contributed by atoms with Crippen molar-refractivity contribution in [1.82, 2.24) is 4.90 Å². The maximum absolute atomic E-state index is 4.30. The third kappa shape index (κ3) is 1.23. The van der Waals surface area contributed by atoms with Crippen molar-refractivity contribution in [2.24, 2.45) is 4.99 Å². The quantitative estimate of drug-likeness (QED) is 0.475. The summed E-state index contributed by atoms with van der Waals surface area (Å²) in [5.74, 6) is 1.17. The van der Waals surface area contributed by atoms with Crippen molar-refractivity contribution < 1.29 is 0 Å². The first-order chi connectivity index (χ1) is 4.22. The van der Waals surface area contributed by atoms with E-state index in [-0.39, 0.29) is 0 Å². The zero-order valence-electron chi connectivity index (χ0n) is 6.39. The molecule has 0 aromatic rings. The lowest BCUT2D eigenvalue weighted by Crippen LogP contribution is -2.37. The summed E-state index contributed by atoms with van der Waals surface area (Å²) in [6.07, 6.45) is 1.20. The van der Waals surface area contributed by atoms with E-state index in [4.69, 9.17) is 0 Å². The van der Waals surface area contributed by atoms with Crippen LogP contribution in [0.2, 0.25) is 0 Å². The Balaban J connectivity index is 2.62. The first kappa shape index (κ1) is 6.59. The Labute approximate surface area is 56.6 Å². The number of aliphatic imine (C=N–C) groups is 1. The average molecular weight is 126 g/mol. The van der Waals surface area contributed by atoms with E-state index >= 15 is 0 Å². The highest BCUT2D eigenvalue weighted by atomic mass is 15.2. The lowest BCUT2D eigenvalue weighted by molar-refractivity contribution is 0.352. The molecule has 0 saturated heterocycles. The predicted octanol–water partition coefficient (Wildman–Crippen LogP) is 1.13. The topological polar surface area (TPSA) is 15.6 Å². The van der Waals surface area contributed by atoms with Gasteiger partial charge in [-0.3, -0.25) is 4.99 Å². The van der Waals surface area contributed by atoms with Crippen molar-refractivity contribution in [2.45, 2.75) is 26.3 Å². The molecule has 2 heteroatoms. The van der Waals surface area contributed by atoms with Crippen LogP contribution in [0.3, 0.4) is 0 Å². The Bertz CT molecular complexity index is 129. The van der Waals surface area contributed by atoms with Gasteiger partial charge < -0.3 is 4.90 Å². The van der Waals surface area contributed by atoms with Crippen molar-refractivity contribution in [3.63, 3.8) is 0 Å². The van der Waals surface area contributed by atoms with Gasteiger partial charge in [0.2, 0.25) is 0 Å². The molecule has 1 heterocycles. The number of hydrogen-bond donors (Lipinski definition) is 0. The molecule has 0 saturated carbocycles. The van der Waals surface area contributed by atoms with Crippen LogP contribution in [0.25, 0.3) is 0 Å². The molecule has 1 rings (SSSR count).